The molecule has 0 radical (unpaired) electrons. The first-order valence-corrected chi connectivity index (χ1v) is 8.45. The summed E-state index contributed by atoms with van der Waals surface area (Å²) in [4.78, 5) is 14.8. The van der Waals surface area contributed by atoms with Gasteiger partial charge < -0.3 is 10.2 Å². The van der Waals surface area contributed by atoms with Gasteiger partial charge in [-0.2, -0.15) is 0 Å². The fourth-order valence-electron chi connectivity index (χ4n) is 2.45. The van der Waals surface area contributed by atoms with E-state index < -0.39 is 0 Å². The third kappa shape index (κ3) is 4.67. The van der Waals surface area contributed by atoms with Crippen molar-refractivity contribution in [2.75, 3.05) is 23.8 Å². The Labute approximate surface area is 152 Å². The number of aromatic nitrogens is 3. The van der Waals surface area contributed by atoms with Crippen LogP contribution < -0.4 is 10.2 Å². The SMILES string of the molecule is Cc1ccc(Cl)cc1Nc1cc(N(C)CCc2ccncc2)ncn1. The Morgan fingerprint density at radius 1 is 1.08 bits per heavy atom. The van der Waals surface area contributed by atoms with E-state index in [0.717, 1.165) is 35.9 Å². The maximum absolute atomic E-state index is 6.08. The lowest BCUT2D eigenvalue weighted by atomic mass is 10.2. The molecule has 0 aliphatic heterocycles. The molecule has 0 aliphatic carbocycles. The summed E-state index contributed by atoms with van der Waals surface area (Å²) in [7, 11) is 2.03. The summed E-state index contributed by atoms with van der Waals surface area (Å²) in [6, 6.07) is 11.7. The van der Waals surface area contributed by atoms with Crippen LogP contribution in [0.25, 0.3) is 0 Å². The zero-order chi connectivity index (χ0) is 17.6. The summed E-state index contributed by atoms with van der Waals surface area (Å²) in [6.07, 6.45) is 6.13. The molecule has 0 spiro atoms. The minimum absolute atomic E-state index is 0.692. The highest BCUT2D eigenvalue weighted by molar-refractivity contribution is 6.30. The van der Waals surface area contributed by atoms with Gasteiger partial charge in [0.25, 0.3) is 0 Å². The topological polar surface area (TPSA) is 53.9 Å². The summed E-state index contributed by atoms with van der Waals surface area (Å²) >= 11 is 6.08. The van der Waals surface area contributed by atoms with E-state index in [9.17, 15) is 0 Å². The number of benzene rings is 1. The smallest absolute Gasteiger partial charge is 0.135 e. The van der Waals surface area contributed by atoms with E-state index >= 15 is 0 Å². The third-order valence-electron chi connectivity index (χ3n) is 3.99. The summed E-state index contributed by atoms with van der Waals surface area (Å²) in [5.74, 6) is 1.61. The van der Waals surface area contributed by atoms with Gasteiger partial charge in [0.05, 0.1) is 0 Å². The van der Waals surface area contributed by atoms with Crippen LogP contribution in [0.4, 0.5) is 17.3 Å². The Morgan fingerprint density at radius 3 is 2.68 bits per heavy atom. The summed E-state index contributed by atoms with van der Waals surface area (Å²) in [5, 5.41) is 4.00. The number of hydrogen-bond acceptors (Lipinski definition) is 5. The molecule has 3 aromatic rings. The number of rotatable bonds is 6. The van der Waals surface area contributed by atoms with Crippen molar-refractivity contribution in [2.45, 2.75) is 13.3 Å². The van der Waals surface area contributed by atoms with Gasteiger partial charge in [0.2, 0.25) is 0 Å². The fraction of sp³-hybridized carbons (Fsp3) is 0.211. The molecule has 0 amide bonds. The maximum atomic E-state index is 6.08. The van der Waals surface area contributed by atoms with Gasteiger partial charge in [-0.25, -0.2) is 9.97 Å². The van der Waals surface area contributed by atoms with Crippen molar-refractivity contribution in [1.82, 2.24) is 15.0 Å². The van der Waals surface area contributed by atoms with Crippen LogP contribution in [-0.4, -0.2) is 28.5 Å². The zero-order valence-electron chi connectivity index (χ0n) is 14.3. The van der Waals surface area contributed by atoms with Crippen LogP contribution in [0, 0.1) is 6.92 Å². The second kappa shape index (κ2) is 7.94. The summed E-state index contributed by atoms with van der Waals surface area (Å²) in [5.41, 5.74) is 3.30. The molecule has 0 saturated heterocycles. The molecule has 0 aliphatic rings. The highest BCUT2D eigenvalue weighted by Crippen LogP contribution is 2.24. The summed E-state index contributed by atoms with van der Waals surface area (Å²) in [6.45, 7) is 2.89. The lowest BCUT2D eigenvalue weighted by Crippen LogP contribution is -2.21. The molecule has 3 rings (SSSR count). The lowest BCUT2D eigenvalue weighted by Gasteiger charge is -2.19. The van der Waals surface area contributed by atoms with E-state index in [0.29, 0.717) is 5.02 Å². The molecule has 0 bridgehead atoms. The average molecular weight is 354 g/mol. The molecule has 1 aromatic carbocycles. The second-order valence-corrected chi connectivity index (χ2v) is 6.31. The average Bonchev–Trinajstić information content (AvgIpc) is 2.64. The van der Waals surface area contributed by atoms with Crippen LogP contribution in [0.15, 0.2) is 55.1 Å². The van der Waals surface area contributed by atoms with Crippen LogP contribution in [0.1, 0.15) is 11.1 Å². The zero-order valence-corrected chi connectivity index (χ0v) is 15.0. The molecule has 1 N–H and O–H groups in total. The van der Waals surface area contributed by atoms with Gasteiger partial charge >= 0.3 is 0 Å². The van der Waals surface area contributed by atoms with E-state index in [-0.39, 0.29) is 0 Å². The molecular formula is C19H20ClN5. The third-order valence-corrected chi connectivity index (χ3v) is 4.23. The standard InChI is InChI=1S/C19H20ClN5/c1-14-3-4-16(20)11-17(14)24-18-12-19(23-13-22-18)25(2)10-7-15-5-8-21-9-6-15/h3-6,8-9,11-13H,7,10H2,1-2H3,(H,22,23,24). The first-order valence-electron chi connectivity index (χ1n) is 8.07. The van der Waals surface area contributed by atoms with E-state index in [1.165, 1.54) is 5.56 Å². The van der Waals surface area contributed by atoms with Crippen LogP contribution in [0.5, 0.6) is 0 Å². The fourth-order valence-corrected chi connectivity index (χ4v) is 2.62. The van der Waals surface area contributed by atoms with Crippen molar-refractivity contribution < 1.29 is 0 Å². The molecule has 0 saturated carbocycles. The van der Waals surface area contributed by atoms with Gasteiger partial charge in [-0.15, -0.1) is 0 Å². The number of anilines is 3. The first kappa shape index (κ1) is 17.2. The van der Waals surface area contributed by atoms with E-state index in [1.807, 2.05) is 62.8 Å². The van der Waals surface area contributed by atoms with E-state index in [2.05, 4.69) is 25.2 Å². The Kier molecular flexibility index (Phi) is 5.46. The molecule has 0 atom stereocenters. The largest absolute Gasteiger partial charge is 0.359 e. The molecule has 6 heteroatoms. The number of aryl methyl sites for hydroxylation is 1. The minimum atomic E-state index is 0.692. The van der Waals surface area contributed by atoms with E-state index in [4.69, 9.17) is 11.6 Å². The maximum Gasteiger partial charge on any atom is 0.135 e. The van der Waals surface area contributed by atoms with Crippen molar-refractivity contribution in [2.24, 2.45) is 0 Å². The van der Waals surface area contributed by atoms with E-state index in [1.54, 1.807) is 6.33 Å². The van der Waals surface area contributed by atoms with Crippen molar-refractivity contribution in [3.8, 4) is 0 Å². The number of hydrogen-bond donors (Lipinski definition) is 1. The Balaban J connectivity index is 1.69. The van der Waals surface area contributed by atoms with Gasteiger partial charge in [0.15, 0.2) is 0 Å². The van der Waals surface area contributed by atoms with Gasteiger partial charge in [0.1, 0.15) is 18.0 Å². The Hall–Kier alpha value is -2.66. The number of likely N-dealkylation sites (N-methyl/N-ethyl adjacent to an activating group) is 1. The number of nitrogens with zero attached hydrogens (tertiary/aromatic N) is 4. The molecule has 0 unspecified atom stereocenters. The first-order chi connectivity index (χ1) is 12.1. The highest BCUT2D eigenvalue weighted by atomic mass is 35.5. The molecule has 5 nitrogen and oxygen atoms in total. The predicted octanol–water partition coefficient (Wildman–Crippen LogP) is 4.26. The molecular weight excluding hydrogens is 334 g/mol. The molecule has 2 heterocycles. The predicted molar refractivity (Wildman–Crippen MR) is 103 cm³/mol. The van der Waals surface area contributed by atoms with Gasteiger partial charge in [-0.1, -0.05) is 17.7 Å². The molecule has 128 valence electrons. The minimum Gasteiger partial charge on any atom is -0.359 e. The van der Waals surface area contributed by atoms with Crippen LogP contribution in [0.2, 0.25) is 5.02 Å². The monoisotopic (exact) mass is 353 g/mol. The normalized spacial score (nSPS) is 10.5. The Bertz CT molecular complexity index is 838. The number of nitrogens with one attached hydrogen (secondary N) is 1. The van der Waals surface area contributed by atoms with Gasteiger partial charge in [0, 0.05) is 42.8 Å². The van der Waals surface area contributed by atoms with Crippen molar-refractivity contribution in [1.29, 1.82) is 0 Å². The van der Waals surface area contributed by atoms with Crippen LogP contribution >= 0.6 is 11.6 Å². The second-order valence-electron chi connectivity index (χ2n) is 5.87. The van der Waals surface area contributed by atoms with Crippen molar-refractivity contribution in [3.63, 3.8) is 0 Å². The van der Waals surface area contributed by atoms with Gasteiger partial charge in [-0.05, 0) is 48.7 Å². The quantitative estimate of drug-likeness (QED) is 0.717. The number of pyridine rings is 1. The molecule has 0 fully saturated rings. The van der Waals surface area contributed by atoms with Crippen LogP contribution in [-0.2, 0) is 6.42 Å². The molecule has 25 heavy (non-hydrogen) atoms. The molecule has 2 aromatic heterocycles. The van der Waals surface area contributed by atoms with Crippen LogP contribution in [0.3, 0.4) is 0 Å². The summed E-state index contributed by atoms with van der Waals surface area (Å²) < 4.78 is 0. The van der Waals surface area contributed by atoms with Gasteiger partial charge in [-0.3, -0.25) is 4.98 Å². The highest BCUT2D eigenvalue weighted by Gasteiger charge is 2.07. The lowest BCUT2D eigenvalue weighted by molar-refractivity contribution is 0.855. The number of halogens is 1. The Morgan fingerprint density at radius 2 is 1.88 bits per heavy atom. The van der Waals surface area contributed by atoms with Crippen molar-refractivity contribution >= 4 is 28.9 Å². The van der Waals surface area contributed by atoms with Crippen molar-refractivity contribution in [3.05, 3.63) is 71.3 Å².